The molecule has 0 spiro atoms. The van der Waals surface area contributed by atoms with Crippen LogP contribution in [-0.2, 0) is 4.79 Å². The minimum absolute atomic E-state index is 0.0127. The average molecular weight is 311 g/mol. The fraction of sp³-hybridized carbons (Fsp3) is 0.562. The van der Waals surface area contributed by atoms with Crippen LogP contribution in [0, 0.1) is 6.92 Å². The van der Waals surface area contributed by atoms with Crippen molar-refractivity contribution in [2.24, 2.45) is 0 Å². The Bertz CT molecular complexity index is 493. The van der Waals surface area contributed by atoms with Gasteiger partial charge in [0.05, 0.1) is 12.6 Å². The molecule has 21 heavy (non-hydrogen) atoms. The van der Waals surface area contributed by atoms with Crippen molar-refractivity contribution in [3.63, 3.8) is 0 Å². The third kappa shape index (κ3) is 4.99. The molecule has 0 heterocycles. The van der Waals surface area contributed by atoms with Crippen LogP contribution in [0.25, 0.3) is 0 Å². The van der Waals surface area contributed by atoms with Gasteiger partial charge in [0.15, 0.2) is 0 Å². The van der Waals surface area contributed by atoms with E-state index in [1.807, 2.05) is 13.0 Å². The maximum Gasteiger partial charge on any atom is 0.238 e. The predicted octanol–water partition coefficient (Wildman–Crippen LogP) is 2.87. The summed E-state index contributed by atoms with van der Waals surface area (Å²) in [5, 5.41) is 16.6. The Morgan fingerprint density at radius 1 is 1.33 bits per heavy atom. The molecule has 0 aromatic heterocycles. The summed E-state index contributed by atoms with van der Waals surface area (Å²) in [6, 6.07) is 5.43. The molecule has 0 radical (unpaired) electrons. The quantitative estimate of drug-likeness (QED) is 0.749. The minimum atomic E-state index is -0.354. The van der Waals surface area contributed by atoms with Crippen LogP contribution in [-0.4, -0.2) is 29.7 Å². The lowest BCUT2D eigenvalue weighted by Crippen LogP contribution is -2.42. The van der Waals surface area contributed by atoms with Crippen molar-refractivity contribution in [3.8, 4) is 0 Å². The van der Waals surface area contributed by atoms with Crippen LogP contribution in [0.5, 0.6) is 0 Å². The van der Waals surface area contributed by atoms with Gasteiger partial charge in [-0.2, -0.15) is 0 Å². The number of carbonyl (C=O) groups is 1. The number of rotatable bonds is 4. The molecule has 2 atom stereocenters. The first-order chi connectivity index (χ1) is 10.1. The van der Waals surface area contributed by atoms with E-state index in [-0.39, 0.29) is 24.6 Å². The highest BCUT2D eigenvalue weighted by atomic mass is 35.5. The van der Waals surface area contributed by atoms with Gasteiger partial charge < -0.3 is 15.7 Å². The van der Waals surface area contributed by atoms with Gasteiger partial charge in [-0.1, -0.05) is 36.9 Å². The highest BCUT2D eigenvalue weighted by Crippen LogP contribution is 2.20. The van der Waals surface area contributed by atoms with E-state index < -0.39 is 0 Å². The fourth-order valence-electron chi connectivity index (χ4n) is 2.67. The van der Waals surface area contributed by atoms with Crippen molar-refractivity contribution in [1.82, 2.24) is 5.32 Å². The summed E-state index contributed by atoms with van der Waals surface area (Å²) in [5.41, 5.74) is 1.71. The standard InChI is InChI=1S/C16H23ClN2O2/c1-11-7-8-12(17)9-14(11)19-16(21)10-18-13-5-3-2-4-6-15(13)20/h7-9,13,15,18,20H,2-6,10H2,1H3,(H,19,21). The summed E-state index contributed by atoms with van der Waals surface area (Å²) < 4.78 is 0. The number of nitrogens with one attached hydrogen (secondary N) is 2. The van der Waals surface area contributed by atoms with Gasteiger partial charge in [0.2, 0.25) is 5.91 Å². The number of aliphatic hydroxyl groups is 1. The number of aryl methyl sites for hydroxylation is 1. The van der Waals surface area contributed by atoms with Gasteiger partial charge >= 0.3 is 0 Å². The number of anilines is 1. The van der Waals surface area contributed by atoms with E-state index in [0.717, 1.165) is 43.4 Å². The Morgan fingerprint density at radius 3 is 2.90 bits per heavy atom. The van der Waals surface area contributed by atoms with Crippen LogP contribution < -0.4 is 10.6 Å². The molecule has 1 aliphatic rings. The molecule has 5 heteroatoms. The van der Waals surface area contributed by atoms with Crippen LogP contribution in [0.4, 0.5) is 5.69 Å². The molecule has 1 aromatic rings. The van der Waals surface area contributed by atoms with Gasteiger partial charge in [0.1, 0.15) is 0 Å². The zero-order chi connectivity index (χ0) is 15.2. The Morgan fingerprint density at radius 2 is 2.10 bits per heavy atom. The number of aliphatic hydroxyl groups excluding tert-OH is 1. The molecule has 0 aliphatic heterocycles. The second-order valence-electron chi connectivity index (χ2n) is 5.70. The summed E-state index contributed by atoms with van der Waals surface area (Å²) in [4.78, 5) is 12.0. The Labute approximate surface area is 130 Å². The molecule has 1 amide bonds. The van der Waals surface area contributed by atoms with Crippen molar-refractivity contribution in [1.29, 1.82) is 0 Å². The first-order valence-electron chi connectivity index (χ1n) is 7.53. The molecule has 2 rings (SSSR count). The molecule has 1 aliphatic carbocycles. The lowest BCUT2D eigenvalue weighted by Gasteiger charge is -2.21. The lowest BCUT2D eigenvalue weighted by molar-refractivity contribution is -0.115. The van der Waals surface area contributed by atoms with E-state index in [0.29, 0.717) is 5.02 Å². The third-order valence-corrected chi connectivity index (χ3v) is 4.21. The van der Waals surface area contributed by atoms with Crippen molar-refractivity contribution >= 4 is 23.2 Å². The normalized spacial score (nSPS) is 22.6. The molecular formula is C16H23ClN2O2. The zero-order valence-corrected chi connectivity index (χ0v) is 13.1. The summed E-state index contributed by atoms with van der Waals surface area (Å²) in [6.45, 7) is 2.13. The maximum atomic E-state index is 12.0. The van der Waals surface area contributed by atoms with Crippen molar-refractivity contribution in [2.75, 3.05) is 11.9 Å². The van der Waals surface area contributed by atoms with Gasteiger partial charge in [0, 0.05) is 16.8 Å². The first-order valence-corrected chi connectivity index (χ1v) is 7.91. The average Bonchev–Trinajstić information content (AvgIpc) is 2.65. The largest absolute Gasteiger partial charge is 0.392 e. The minimum Gasteiger partial charge on any atom is -0.392 e. The molecular weight excluding hydrogens is 288 g/mol. The molecule has 4 nitrogen and oxygen atoms in total. The van der Waals surface area contributed by atoms with Gasteiger partial charge in [-0.3, -0.25) is 4.79 Å². The lowest BCUT2D eigenvalue weighted by atomic mass is 10.1. The van der Waals surface area contributed by atoms with Gasteiger partial charge in [-0.05, 0) is 37.5 Å². The smallest absolute Gasteiger partial charge is 0.238 e. The molecule has 1 aromatic carbocycles. The molecule has 0 bridgehead atoms. The van der Waals surface area contributed by atoms with E-state index in [1.54, 1.807) is 12.1 Å². The van der Waals surface area contributed by atoms with Gasteiger partial charge in [-0.15, -0.1) is 0 Å². The molecule has 1 fully saturated rings. The van der Waals surface area contributed by atoms with E-state index >= 15 is 0 Å². The van der Waals surface area contributed by atoms with Crippen molar-refractivity contribution in [3.05, 3.63) is 28.8 Å². The second-order valence-corrected chi connectivity index (χ2v) is 6.14. The molecule has 116 valence electrons. The van der Waals surface area contributed by atoms with Crippen LogP contribution in [0.15, 0.2) is 18.2 Å². The van der Waals surface area contributed by atoms with E-state index in [4.69, 9.17) is 11.6 Å². The van der Waals surface area contributed by atoms with Crippen LogP contribution in [0.1, 0.15) is 37.7 Å². The van der Waals surface area contributed by atoms with Crippen LogP contribution in [0.2, 0.25) is 5.02 Å². The number of halogens is 1. The number of carbonyl (C=O) groups excluding carboxylic acids is 1. The van der Waals surface area contributed by atoms with Crippen molar-refractivity contribution in [2.45, 2.75) is 51.2 Å². The predicted molar refractivity (Wildman–Crippen MR) is 85.7 cm³/mol. The SMILES string of the molecule is Cc1ccc(Cl)cc1NC(=O)CNC1CCCCCC1O. The molecule has 0 saturated heterocycles. The van der Waals surface area contributed by atoms with Crippen LogP contribution in [0.3, 0.4) is 0 Å². The molecule has 2 unspecified atom stereocenters. The highest BCUT2D eigenvalue weighted by molar-refractivity contribution is 6.31. The molecule has 3 N–H and O–H groups in total. The third-order valence-electron chi connectivity index (χ3n) is 3.98. The van der Waals surface area contributed by atoms with E-state index in [1.165, 1.54) is 0 Å². The number of benzene rings is 1. The Kier molecular flexibility index (Phi) is 6.03. The number of hydrogen-bond donors (Lipinski definition) is 3. The maximum absolute atomic E-state index is 12.0. The highest BCUT2D eigenvalue weighted by Gasteiger charge is 2.21. The van der Waals surface area contributed by atoms with Gasteiger partial charge in [-0.25, -0.2) is 0 Å². The van der Waals surface area contributed by atoms with Gasteiger partial charge in [0.25, 0.3) is 0 Å². The van der Waals surface area contributed by atoms with E-state index in [2.05, 4.69) is 10.6 Å². The summed E-state index contributed by atoms with van der Waals surface area (Å²) >= 11 is 5.94. The van der Waals surface area contributed by atoms with Crippen LogP contribution >= 0.6 is 11.6 Å². The monoisotopic (exact) mass is 310 g/mol. The van der Waals surface area contributed by atoms with Crippen molar-refractivity contribution < 1.29 is 9.90 Å². The summed E-state index contributed by atoms with van der Waals surface area (Å²) in [7, 11) is 0. The number of amides is 1. The number of hydrogen-bond acceptors (Lipinski definition) is 3. The second kappa shape index (κ2) is 7.78. The molecule has 1 saturated carbocycles. The first kappa shape index (κ1) is 16.3. The fourth-order valence-corrected chi connectivity index (χ4v) is 2.85. The topological polar surface area (TPSA) is 61.4 Å². The Hall–Kier alpha value is -1.10. The van der Waals surface area contributed by atoms with E-state index in [9.17, 15) is 9.90 Å². The zero-order valence-electron chi connectivity index (χ0n) is 12.4. The Balaban J connectivity index is 1.85. The summed E-state index contributed by atoms with van der Waals surface area (Å²) in [5.74, 6) is -0.114. The summed E-state index contributed by atoms with van der Waals surface area (Å²) in [6.07, 6.45) is 4.70.